The molecule has 0 aromatic heterocycles. The number of aliphatic hydroxyl groups excluding tert-OH is 1. The summed E-state index contributed by atoms with van der Waals surface area (Å²) in [6.07, 6.45) is -2.38. The molecule has 0 aromatic carbocycles. The molecule has 0 aliphatic heterocycles. The number of hydrogen-bond donors (Lipinski definition) is 9. The summed E-state index contributed by atoms with van der Waals surface area (Å²) in [6, 6.07) is -6.73. The SMILES string of the molecule is NC(=O)CCC(N)C(=O)NC(CC(=O)O)C(=O)NC(CO)C(=O)NC(CC(=O)O)C(=O)O. The summed E-state index contributed by atoms with van der Waals surface area (Å²) in [5.41, 5.74) is 10.5. The quantitative estimate of drug-likeness (QED) is 0.110. The Morgan fingerprint density at radius 1 is 0.719 bits per heavy atom. The third-order valence-electron chi connectivity index (χ3n) is 3.86. The topological polar surface area (TPSA) is 289 Å². The van der Waals surface area contributed by atoms with E-state index in [4.69, 9.17) is 26.8 Å². The average molecular weight is 463 g/mol. The smallest absolute Gasteiger partial charge is 0.326 e. The standard InChI is InChI=1S/C16H25N5O11/c17-6(1-2-10(18)23)13(28)19-7(3-11(24)25)14(29)21-9(5-22)15(30)20-8(16(31)32)4-12(26)27/h6-9,22H,1-5,17H2,(H2,18,23)(H,19,28)(H,20,30)(H,21,29)(H,24,25)(H,26,27)(H,31,32). The van der Waals surface area contributed by atoms with E-state index in [1.807, 2.05) is 16.0 Å². The van der Waals surface area contributed by atoms with Crippen molar-refractivity contribution >= 4 is 41.5 Å². The largest absolute Gasteiger partial charge is 0.481 e. The monoisotopic (exact) mass is 463 g/mol. The van der Waals surface area contributed by atoms with Gasteiger partial charge in [-0.1, -0.05) is 0 Å². The molecule has 0 aliphatic rings. The third-order valence-corrected chi connectivity index (χ3v) is 3.86. The maximum Gasteiger partial charge on any atom is 0.326 e. The van der Waals surface area contributed by atoms with E-state index in [2.05, 4.69) is 0 Å². The predicted octanol–water partition coefficient (Wildman–Crippen LogP) is -4.94. The first-order valence-corrected chi connectivity index (χ1v) is 9.00. The number of aliphatic hydroxyl groups is 1. The van der Waals surface area contributed by atoms with Gasteiger partial charge in [0.15, 0.2) is 0 Å². The third kappa shape index (κ3) is 10.8. The number of nitrogens with two attached hydrogens (primary N) is 2. The van der Waals surface area contributed by atoms with Gasteiger partial charge in [-0.05, 0) is 6.42 Å². The van der Waals surface area contributed by atoms with Gasteiger partial charge < -0.3 is 47.8 Å². The second-order valence-electron chi connectivity index (χ2n) is 6.51. The highest BCUT2D eigenvalue weighted by Crippen LogP contribution is 2.00. The van der Waals surface area contributed by atoms with E-state index in [1.54, 1.807) is 0 Å². The Morgan fingerprint density at radius 3 is 1.59 bits per heavy atom. The van der Waals surface area contributed by atoms with Crippen LogP contribution in [0.1, 0.15) is 25.7 Å². The molecule has 16 heteroatoms. The second-order valence-corrected chi connectivity index (χ2v) is 6.51. The minimum absolute atomic E-state index is 0.190. The molecule has 11 N–H and O–H groups in total. The van der Waals surface area contributed by atoms with Crippen molar-refractivity contribution < 1.29 is 54.0 Å². The van der Waals surface area contributed by atoms with Crippen LogP contribution >= 0.6 is 0 Å². The summed E-state index contributed by atoms with van der Waals surface area (Å²) in [5, 5.41) is 41.7. The molecule has 4 atom stereocenters. The van der Waals surface area contributed by atoms with Crippen LogP contribution in [0.5, 0.6) is 0 Å². The van der Waals surface area contributed by atoms with Gasteiger partial charge in [0.1, 0.15) is 18.1 Å². The van der Waals surface area contributed by atoms with Crippen LogP contribution in [0.3, 0.4) is 0 Å². The van der Waals surface area contributed by atoms with Crippen molar-refractivity contribution in [3.8, 4) is 0 Å². The molecule has 32 heavy (non-hydrogen) atoms. The van der Waals surface area contributed by atoms with Crippen LogP contribution in [0, 0.1) is 0 Å². The van der Waals surface area contributed by atoms with E-state index in [0.29, 0.717) is 0 Å². The molecule has 0 aliphatic carbocycles. The summed E-state index contributed by atoms with van der Waals surface area (Å²) in [7, 11) is 0. The van der Waals surface area contributed by atoms with E-state index in [1.165, 1.54) is 0 Å². The molecule has 0 heterocycles. The van der Waals surface area contributed by atoms with Gasteiger partial charge >= 0.3 is 17.9 Å². The summed E-state index contributed by atoms with van der Waals surface area (Å²) < 4.78 is 0. The summed E-state index contributed by atoms with van der Waals surface area (Å²) in [5.74, 6) is -9.00. The number of carbonyl (C=O) groups excluding carboxylic acids is 4. The number of primary amides is 1. The number of aliphatic carboxylic acids is 3. The molecule has 180 valence electrons. The Bertz CT molecular complexity index is 757. The Morgan fingerprint density at radius 2 is 1.16 bits per heavy atom. The van der Waals surface area contributed by atoms with E-state index >= 15 is 0 Å². The Kier molecular flexibility index (Phi) is 11.9. The van der Waals surface area contributed by atoms with Crippen molar-refractivity contribution in [2.24, 2.45) is 11.5 Å². The lowest BCUT2D eigenvalue weighted by Gasteiger charge is -2.23. The lowest BCUT2D eigenvalue weighted by molar-refractivity contribution is -0.147. The molecule has 16 nitrogen and oxygen atoms in total. The lowest BCUT2D eigenvalue weighted by atomic mass is 10.1. The van der Waals surface area contributed by atoms with Gasteiger partial charge in [0, 0.05) is 6.42 Å². The van der Waals surface area contributed by atoms with Crippen LogP contribution in [0.15, 0.2) is 0 Å². The van der Waals surface area contributed by atoms with Gasteiger partial charge in [0.2, 0.25) is 23.6 Å². The van der Waals surface area contributed by atoms with E-state index in [0.717, 1.165) is 0 Å². The molecule has 4 unspecified atom stereocenters. The van der Waals surface area contributed by atoms with Gasteiger partial charge in [-0.3, -0.25) is 28.8 Å². The molecule has 0 saturated carbocycles. The van der Waals surface area contributed by atoms with E-state index in [9.17, 15) is 38.7 Å². The maximum absolute atomic E-state index is 12.4. The second kappa shape index (κ2) is 13.5. The molecule has 0 fully saturated rings. The highest BCUT2D eigenvalue weighted by molar-refractivity contribution is 5.96. The first kappa shape index (κ1) is 28.2. The van der Waals surface area contributed by atoms with Gasteiger partial charge in [-0.2, -0.15) is 0 Å². The van der Waals surface area contributed by atoms with Crippen molar-refractivity contribution in [3.63, 3.8) is 0 Å². The van der Waals surface area contributed by atoms with Gasteiger partial charge in [-0.25, -0.2) is 4.79 Å². The summed E-state index contributed by atoms with van der Waals surface area (Å²) >= 11 is 0. The number of hydrogen-bond acceptors (Lipinski definition) is 9. The predicted molar refractivity (Wildman–Crippen MR) is 101 cm³/mol. The average Bonchev–Trinajstić information content (AvgIpc) is 2.67. The van der Waals surface area contributed by atoms with Gasteiger partial charge in [0.05, 0.1) is 25.5 Å². The van der Waals surface area contributed by atoms with Crippen LogP contribution in [0.25, 0.3) is 0 Å². The maximum atomic E-state index is 12.4. The fourth-order valence-electron chi connectivity index (χ4n) is 2.20. The molecule has 0 radical (unpaired) electrons. The van der Waals surface area contributed by atoms with Crippen molar-refractivity contribution in [2.45, 2.75) is 49.9 Å². The van der Waals surface area contributed by atoms with Crippen molar-refractivity contribution in [2.75, 3.05) is 6.61 Å². The van der Waals surface area contributed by atoms with E-state index < -0.39 is 85.2 Å². The summed E-state index contributed by atoms with van der Waals surface area (Å²) in [6.45, 7) is -1.07. The normalized spacial score (nSPS) is 14.2. The van der Waals surface area contributed by atoms with Crippen molar-refractivity contribution in [1.29, 1.82) is 0 Å². The number of carboxylic acids is 3. The van der Waals surface area contributed by atoms with Crippen molar-refractivity contribution in [3.05, 3.63) is 0 Å². The molecule has 0 rings (SSSR count). The van der Waals surface area contributed by atoms with E-state index in [-0.39, 0.29) is 12.8 Å². The first-order chi connectivity index (χ1) is 14.8. The Balaban J connectivity index is 5.26. The zero-order valence-electron chi connectivity index (χ0n) is 16.6. The number of carboxylic acid groups (broad SMARTS) is 3. The first-order valence-electron chi connectivity index (χ1n) is 9.00. The van der Waals surface area contributed by atoms with Crippen molar-refractivity contribution in [1.82, 2.24) is 16.0 Å². The number of carbonyl (C=O) groups is 7. The fraction of sp³-hybridized carbons (Fsp3) is 0.562. The van der Waals surface area contributed by atoms with Crippen LogP contribution in [0.2, 0.25) is 0 Å². The molecule has 0 aromatic rings. The molecular weight excluding hydrogens is 438 g/mol. The highest BCUT2D eigenvalue weighted by atomic mass is 16.4. The molecular formula is C16H25N5O11. The zero-order valence-corrected chi connectivity index (χ0v) is 16.6. The van der Waals surface area contributed by atoms with Gasteiger partial charge in [-0.15, -0.1) is 0 Å². The highest BCUT2D eigenvalue weighted by Gasteiger charge is 2.31. The lowest BCUT2D eigenvalue weighted by Crippen LogP contribution is -2.58. The minimum Gasteiger partial charge on any atom is -0.481 e. The van der Waals surface area contributed by atoms with Gasteiger partial charge in [0.25, 0.3) is 0 Å². The Labute approximate surface area is 180 Å². The molecule has 4 amide bonds. The van der Waals surface area contributed by atoms with Crippen LogP contribution < -0.4 is 27.4 Å². The fourth-order valence-corrected chi connectivity index (χ4v) is 2.20. The number of rotatable bonds is 15. The van der Waals surface area contributed by atoms with Crippen LogP contribution in [0.4, 0.5) is 0 Å². The Hall–Kier alpha value is -3.79. The molecule has 0 spiro atoms. The van der Waals surface area contributed by atoms with Crippen LogP contribution in [-0.4, -0.2) is 92.7 Å². The zero-order chi connectivity index (χ0) is 25.0. The number of amides is 4. The number of nitrogens with one attached hydrogen (secondary N) is 3. The minimum atomic E-state index is -1.87. The summed E-state index contributed by atoms with van der Waals surface area (Å²) in [4.78, 5) is 80.0. The molecule has 0 bridgehead atoms. The van der Waals surface area contributed by atoms with Crippen LogP contribution in [-0.2, 0) is 33.6 Å². The molecule has 0 saturated heterocycles.